The molecule has 2 N–H and O–H groups in total. The average molecular weight is 342 g/mol. The maximum Gasteiger partial charge on any atom is 0.240 e. The van der Waals surface area contributed by atoms with Gasteiger partial charge in [0.05, 0.1) is 4.90 Å². The van der Waals surface area contributed by atoms with E-state index in [1.807, 2.05) is 14.0 Å². The summed E-state index contributed by atoms with van der Waals surface area (Å²) in [4.78, 5) is 4.21. The van der Waals surface area contributed by atoms with Crippen molar-refractivity contribution in [3.8, 4) is 0 Å². The second-order valence-corrected chi connectivity index (χ2v) is 6.87. The molecule has 0 aliphatic heterocycles. The lowest BCUT2D eigenvalue weighted by molar-refractivity contribution is 0.371. The molecule has 0 saturated heterocycles. The van der Waals surface area contributed by atoms with E-state index in [1.54, 1.807) is 0 Å². The molecule has 0 aliphatic rings. The van der Waals surface area contributed by atoms with E-state index in [4.69, 9.17) is 4.52 Å². The number of nitrogens with one attached hydrogen (secondary N) is 2. The van der Waals surface area contributed by atoms with Gasteiger partial charge in [-0.1, -0.05) is 5.16 Å². The van der Waals surface area contributed by atoms with Gasteiger partial charge in [-0.2, -0.15) is 4.98 Å². The van der Waals surface area contributed by atoms with Crippen LogP contribution in [0, 0.1) is 5.82 Å². The minimum absolute atomic E-state index is 0.00737. The zero-order chi connectivity index (χ0) is 16.9. The van der Waals surface area contributed by atoms with Crippen molar-refractivity contribution in [3.05, 3.63) is 41.8 Å². The lowest BCUT2D eigenvalue weighted by atomic mass is 10.2. The summed E-state index contributed by atoms with van der Waals surface area (Å²) in [5, 5.41) is 6.91. The predicted molar refractivity (Wildman–Crippen MR) is 81.8 cm³/mol. The van der Waals surface area contributed by atoms with E-state index in [1.165, 1.54) is 12.1 Å². The van der Waals surface area contributed by atoms with Gasteiger partial charge in [-0.3, -0.25) is 0 Å². The second-order valence-electron chi connectivity index (χ2n) is 5.10. The van der Waals surface area contributed by atoms with E-state index in [2.05, 4.69) is 20.2 Å². The fourth-order valence-electron chi connectivity index (χ4n) is 1.84. The molecule has 1 heterocycles. The quantitative estimate of drug-likeness (QED) is 0.739. The fraction of sp³-hybridized carbons (Fsp3) is 0.429. The van der Waals surface area contributed by atoms with Crippen molar-refractivity contribution in [2.45, 2.75) is 30.7 Å². The van der Waals surface area contributed by atoms with Crippen LogP contribution in [0.3, 0.4) is 0 Å². The normalized spacial score (nSPS) is 13.2. The minimum atomic E-state index is -3.68. The molecule has 7 nitrogen and oxygen atoms in total. The Morgan fingerprint density at radius 2 is 2.00 bits per heavy atom. The molecule has 0 fully saturated rings. The van der Waals surface area contributed by atoms with Crippen LogP contribution in [0.2, 0.25) is 0 Å². The number of rotatable bonds is 8. The Morgan fingerprint density at radius 3 is 2.65 bits per heavy atom. The summed E-state index contributed by atoms with van der Waals surface area (Å²) in [6.45, 7) is 2.11. The molecule has 1 aromatic heterocycles. The van der Waals surface area contributed by atoms with Gasteiger partial charge in [0.15, 0.2) is 5.82 Å². The Balaban J connectivity index is 1.88. The number of likely N-dealkylation sites (N-methyl/N-ethyl adjacent to an activating group) is 1. The zero-order valence-corrected chi connectivity index (χ0v) is 13.7. The summed E-state index contributed by atoms with van der Waals surface area (Å²) in [5.74, 6) is 0.450. The van der Waals surface area contributed by atoms with Crippen molar-refractivity contribution in [3.63, 3.8) is 0 Å². The first-order chi connectivity index (χ1) is 10.9. The molecule has 1 unspecified atom stereocenters. The standard InChI is InChI=1S/C14H19FN4O3S/c1-10(16-2)9-13-18-14(22-19-13)7-8-17-23(20,21)12-5-3-11(15)4-6-12/h3-6,10,16-17H,7-9H2,1-2H3. The van der Waals surface area contributed by atoms with Crippen molar-refractivity contribution in [1.29, 1.82) is 0 Å². The van der Waals surface area contributed by atoms with Crippen LogP contribution >= 0.6 is 0 Å². The van der Waals surface area contributed by atoms with Gasteiger partial charge in [0.25, 0.3) is 0 Å². The molecule has 0 bridgehead atoms. The molecule has 2 rings (SSSR count). The number of nitrogens with zero attached hydrogens (tertiary/aromatic N) is 2. The first-order valence-electron chi connectivity index (χ1n) is 7.14. The van der Waals surface area contributed by atoms with E-state index in [9.17, 15) is 12.8 Å². The van der Waals surface area contributed by atoms with Gasteiger partial charge >= 0.3 is 0 Å². The number of hydrogen-bond acceptors (Lipinski definition) is 6. The summed E-state index contributed by atoms with van der Waals surface area (Å²) in [6, 6.07) is 4.84. The summed E-state index contributed by atoms with van der Waals surface area (Å²) in [7, 11) is -1.84. The smallest absolute Gasteiger partial charge is 0.240 e. The van der Waals surface area contributed by atoms with Crippen LogP contribution in [0.25, 0.3) is 0 Å². The highest BCUT2D eigenvalue weighted by molar-refractivity contribution is 7.89. The summed E-state index contributed by atoms with van der Waals surface area (Å²) in [5.41, 5.74) is 0. The molecule has 0 radical (unpaired) electrons. The van der Waals surface area contributed by atoms with Crippen molar-refractivity contribution < 1.29 is 17.3 Å². The third kappa shape index (κ3) is 5.08. The molecule has 1 aromatic carbocycles. The van der Waals surface area contributed by atoms with Crippen molar-refractivity contribution in [1.82, 2.24) is 20.2 Å². The van der Waals surface area contributed by atoms with Crippen molar-refractivity contribution in [2.24, 2.45) is 0 Å². The molecule has 23 heavy (non-hydrogen) atoms. The third-order valence-electron chi connectivity index (χ3n) is 3.25. The van der Waals surface area contributed by atoms with Crippen LogP contribution in [0.1, 0.15) is 18.6 Å². The highest BCUT2D eigenvalue weighted by atomic mass is 32.2. The van der Waals surface area contributed by atoms with Crippen LogP contribution in [0.15, 0.2) is 33.7 Å². The highest BCUT2D eigenvalue weighted by Crippen LogP contribution is 2.09. The van der Waals surface area contributed by atoms with Crippen LogP contribution in [0.5, 0.6) is 0 Å². The van der Waals surface area contributed by atoms with Crippen molar-refractivity contribution in [2.75, 3.05) is 13.6 Å². The molecule has 126 valence electrons. The number of halogens is 1. The molecule has 0 saturated carbocycles. The number of benzene rings is 1. The van der Waals surface area contributed by atoms with Crippen LogP contribution in [-0.4, -0.2) is 38.2 Å². The lowest BCUT2D eigenvalue weighted by Gasteiger charge is -2.05. The summed E-state index contributed by atoms with van der Waals surface area (Å²) < 4.78 is 44.3. The maximum atomic E-state index is 12.8. The van der Waals surface area contributed by atoms with Gasteiger partial charge in [-0.05, 0) is 38.2 Å². The largest absolute Gasteiger partial charge is 0.339 e. The monoisotopic (exact) mass is 342 g/mol. The first kappa shape index (κ1) is 17.5. The summed E-state index contributed by atoms with van der Waals surface area (Å²) >= 11 is 0. The van der Waals surface area contributed by atoms with Gasteiger partial charge in [0.2, 0.25) is 15.9 Å². The Labute approximate surface area is 134 Å². The number of sulfonamides is 1. The van der Waals surface area contributed by atoms with Crippen LogP contribution in [-0.2, 0) is 22.9 Å². The van der Waals surface area contributed by atoms with E-state index < -0.39 is 15.8 Å². The Hall–Kier alpha value is -1.84. The number of hydrogen-bond donors (Lipinski definition) is 2. The number of aromatic nitrogens is 2. The Bertz CT molecular complexity index is 731. The second kappa shape index (κ2) is 7.62. The SMILES string of the molecule is CNC(C)Cc1noc(CCNS(=O)(=O)c2ccc(F)cc2)n1. The molecule has 9 heteroatoms. The molecule has 0 spiro atoms. The highest BCUT2D eigenvalue weighted by Gasteiger charge is 2.15. The molecule has 1 atom stereocenters. The summed E-state index contributed by atoms with van der Waals surface area (Å²) in [6.07, 6.45) is 0.905. The van der Waals surface area contributed by atoms with E-state index in [-0.39, 0.29) is 23.9 Å². The maximum absolute atomic E-state index is 12.8. The molecule has 2 aromatic rings. The van der Waals surface area contributed by atoms with Crippen molar-refractivity contribution >= 4 is 10.0 Å². The van der Waals surface area contributed by atoms with Crippen LogP contribution < -0.4 is 10.0 Å². The van der Waals surface area contributed by atoms with Gasteiger partial charge in [-0.25, -0.2) is 17.5 Å². The Morgan fingerprint density at radius 1 is 1.30 bits per heavy atom. The minimum Gasteiger partial charge on any atom is -0.339 e. The fourth-order valence-corrected chi connectivity index (χ4v) is 2.87. The third-order valence-corrected chi connectivity index (χ3v) is 4.72. The molecule has 0 aliphatic carbocycles. The van der Waals surface area contributed by atoms with E-state index in [0.29, 0.717) is 18.1 Å². The topological polar surface area (TPSA) is 97.1 Å². The zero-order valence-electron chi connectivity index (χ0n) is 12.9. The van der Waals surface area contributed by atoms with Gasteiger partial charge in [-0.15, -0.1) is 0 Å². The Kier molecular flexibility index (Phi) is 5.80. The first-order valence-corrected chi connectivity index (χ1v) is 8.63. The molecular weight excluding hydrogens is 323 g/mol. The van der Waals surface area contributed by atoms with Gasteiger partial charge < -0.3 is 9.84 Å². The van der Waals surface area contributed by atoms with E-state index >= 15 is 0 Å². The lowest BCUT2D eigenvalue weighted by Crippen LogP contribution is -2.26. The van der Waals surface area contributed by atoms with Gasteiger partial charge in [0, 0.05) is 25.4 Å². The predicted octanol–water partition coefficient (Wildman–Crippen LogP) is 0.880. The van der Waals surface area contributed by atoms with Gasteiger partial charge in [0.1, 0.15) is 5.82 Å². The van der Waals surface area contributed by atoms with E-state index in [0.717, 1.165) is 12.1 Å². The molecule has 0 amide bonds. The molecular formula is C14H19FN4O3S. The van der Waals surface area contributed by atoms with Crippen LogP contribution in [0.4, 0.5) is 4.39 Å². The average Bonchev–Trinajstić information content (AvgIpc) is 2.94.